The van der Waals surface area contributed by atoms with Crippen LogP contribution in [0.2, 0.25) is 0 Å². The van der Waals surface area contributed by atoms with Gasteiger partial charge in [-0.2, -0.15) is 0 Å². The van der Waals surface area contributed by atoms with Crippen molar-refractivity contribution >= 4 is 27.5 Å². The molecule has 3 nitrogen and oxygen atoms in total. The summed E-state index contributed by atoms with van der Waals surface area (Å²) in [5, 5.41) is 4.26. The van der Waals surface area contributed by atoms with Crippen molar-refractivity contribution in [2.75, 3.05) is 6.54 Å². The second-order valence-electron chi connectivity index (χ2n) is 6.45. The van der Waals surface area contributed by atoms with Crippen LogP contribution in [-0.2, 0) is 4.79 Å². The summed E-state index contributed by atoms with van der Waals surface area (Å²) >= 11 is 1.74. The Labute approximate surface area is 128 Å². The lowest BCUT2D eigenvalue weighted by molar-refractivity contribution is -0.123. The Bertz CT molecular complexity index is 637. The summed E-state index contributed by atoms with van der Waals surface area (Å²) < 4.78 is 1.22. The highest BCUT2D eigenvalue weighted by Gasteiger charge is 2.56. The molecule has 0 radical (unpaired) electrons. The van der Waals surface area contributed by atoms with Gasteiger partial charge in [0.05, 0.1) is 15.2 Å². The third kappa shape index (κ3) is 2.35. The van der Waals surface area contributed by atoms with Gasteiger partial charge in [0.15, 0.2) is 0 Å². The van der Waals surface area contributed by atoms with Crippen LogP contribution in [0.4, 0.5) is 0 Å². The minimum absolute atomic E-state index is 0.276. The number of para-hydroxylation sites is 1. The van der Waals surface area contributed by atoms with E-state index in [9.17, 15) is 4.79 Å². The maximum absolute atomic E-state index is 12.2. The van der Waals surface area contributed by atoms with Crippen molar-refractivity contribution in [3.05, 3.63) is 29.3 Å². The number of benzene rings is 1. The normalized spacial score (nSPS) is 28.3. The fourth-order valence-electron chi connectivity index (χ4n) is 3.77. The summed E-state index contributed by atoms with van der Waals surface area (Å²) in [6.45, 7) is 2.85. The molecule has 0 unspecified atom stereocenters. The number of fused-ring (bicyclic) bond motifs is 2. The predicted molar refractivity (Wildman–Crippen MR) is 85.4 cm³/mol. The number of hydrogen-bond donors (Lipinski definition) is 1. The fourth-order valence-corrected chi connectivity index (χ4v) is 4.79. The first-order valence-corrected chi connectivity index (χ1v) is 8.69. The monoisotopic (exact) mass is 300 g/mol. The lowest BCUT2D eigenvalue weighted by Crippen LogP contribution is -2.30. The van der Waals surface area contributed by atoms with Gasteiger partial charge in [0.25, 0.3) is 0 Å². The molecular formula is C17H20N2OS. The molecule has 2 aliphatic rings. The van der Waals surface area contributed by atoms with E-state index in [1.807, 2.05) is 18.2 Å². The Morgan fingerprint density at radius 2 is 2.14 bits per heavy atom. The second kappa shape index (κ2) is 5.09. The largest absolute Gasteiger partial charge is 0.355 e. The summed E-state index contributed by atoms with van der Waals surface area (Å²) in [7, 11) is 0. The zero-order valence-electron chi connectivity index (χ0n) is 12.2. The molecule has 0 aliphatic heterocycles. The van der Waals surface area contributed by atoms with Gasteiger partial charge in [0.1, 0.15) is 0 Å². The number of aromatic nitrogens is 1. The van der Waals surface area contributed by atoms with E-state index < -0.39 is 0 Å². The number of rotatable bonds is 4. The van der Waals surface area contributed by atoms with Crippen LogP contribution in [-0.4, -0.2) is 17.4 Å². The van der Waals surface area contributed by atoms with E-state index in [0.717, 1.165) is 10.5 Å². The van der Waals surface area contributed by atoms with Crippen LogP contribution >= 0.6 is 11.3 Å². The quantitative estimate of drug-likeness (QED) is 0.938. The number of thiazole rings is 1. The highest BCUT2D eigenvalue weighted by Crippen LogP contribution is 2.57. The van der Waals surface area contributed by atoms with Crippen LogP contribution in [0.25, 0.3) is 10.2 Å². The van der Waals surface area contributed by atoms with Crippen molar-refractivity contribution in [1.29, 1.82) is 0 Å². The van der Waals surface area contributed by atoms with E-state index in [1.165, 1.54) is 24.0 Å². The van der Waals surface area contributed by atoms with Crippen molar-refractivity contribution in [2.45, 2.75) is 32.1 Å². The van der Waals surface area contributed by atoms with E-state index >= 15 is 0 Å². The van der Waals surface area contributed by atoms with Gasteiger partial charge < -0.3 is 5.32 Å². The molecule has 0 spiro atoms. The van der Waals surface area contributed by atoms with Gasteiger partial charge >= 0.3 is 0 Å². The van der Waals surface area contributed by atoms with E-state index in [2.05, 4.69) is 23.3 Å². The lowest BCUT2D eigenvalue weighted by atomic mass is 10.1. The topological polar surface area (TPSA) is 42.0 Å². The van der Waals surface area contributed by atoms with Crippen LogP contribution < -0.4 is 5.32 Å². The van der Waals surface area contributed by atoms with Gasteiger partial charge in [-0.1, -0.05) is 25.5 Å². The predicted octanol–water partition coefficient (Wildman–Crippen LogP) is 3.56. The summed E-state index contributed by atoms with van der Waals surface area (Å²) in [5.74, 6) is 2.27. The number of carbonyl (C=O) groups excluding carboxylic acids is 1. The Morgan fingerprint density at radius 3 is 2.90 bits per heavy atom. The van der Waals surface area contributed by atoms with E-state index in [-0.39, 0.29) is 11.8 Å². The van der Waals surface area contributed by atoms with Crippen LogP contribution in [0, 0.1) is 17.8 Å². The zero-order valence-corrected chi connectivity index (χ0v) is 13.0. The van der Waals surface area contributed by atoms with Crippen molar-refractivity contribution in [2.24, 2.45) is 17.8 Å². The number of amides is 1. The molecule has 2 saturated carbocycles. The molecule has 2 aromatic rings. The summed E-state index contributed by atoms with van der Waals surface area (Å²) in [6.07, 6.45) is 3.84. The van der Waals surface area contributed by atoms with Crippen LogP contribution in [0.15, 0.2) is 24.3 Å². The van der Waals surface area contributed by atoms with Crippen LogP contribution in [0.1, 0.15) is 37.1 Å². The Morgan fingerprint density at radius 1 is 1.38 bits per heavy atom. The highest BCUT2D eigenvalue weighted by molar-refractivity contribution is 7.18. The van der Waals surface area contributed by atoms with Crippen molar-refractivity contribution in [1.82, 2.24) is 10.3 Å². The maximum atomic E-state index is 12.2. The van der Waals surface area contributed by atoms with E-state index in [4.69, 9.17) is 0 Å². The minimum Gasteiger partial charge on any atom is -0.355 e. The maximum Gasteiger partial charge on any atom is 0.223 e. The Hall–Kier alpha value is -1.42. The number of nitrogens with zero attached hydrogens (tertiary/aromatic N) is 1. The van der Waals surface area contributed by atoms with E-state index in [1.54, 1.807) is 11.3 Å². The Kier molecular flexibility index (Phi) is 3.21. The standard InChI is InChI=1S/C17H20N2OS/c1-10(17-19-13-7-2-3-8-14(13)21-17)9-18-16(20)15-11-5-4-6-12(11)15/h2-3,7-8,10-12,15H,4-6,9H2,1H3,(H,18,20)/t10-,11-,12-/m1/s1. The van der Waals surface area contributed by atoms with Gasteiger partial charge in [0.2, 0.25) is 5.91 Å². The SMILES string of the molecule is C[C@H](CNC(=O)C1[C@@H]2CCC[C@@H]12)c1nc2ccccc2s1. The number of hydrogen-bond acceptors (Lipinski definition) is 3. The highest BCUT2D eigenvalue weighted by atomic mass is 32.1. The number of carbonyl (C=O) groups is 1. The average molecular weight is 300 g/mol. The molecule has 1 heterocycles. The average Bonchev–Trinajstić information content (AvgIpc) is 2.89. The lowest BCUT2D eigenvalue weighted by Gasteiger charge is -2.10. The van der Waals surface area contributed by atoms with Crippen molar-refractivity contribution in [3.8, 4) is 0 Å². The zero-order chi connectivity index (χ0) is 14.4. The third-order valence-corrected chi connectivity index (χ3v) is 6.29. The third-order valence-electron chi connectivity index (χ3n) is 5.02. The van der Waals surface area contributed by atoms with Crippen molar-refractivity contribution in [3.63, 3.8) is 0 Å². The summed E-state index contributed by atoms with van der Waals surface area (Å²) in [5.41, 5.74) is 1.06. The molecule has 2 fully saturated rings. The first-order valence-electron chi connectivity index (χ1n) is 7.87. The minimum atomic E-state index is 0.276. The van der Waals surface area contributed by atoms with Gasteiger partial charge in [-0.15, -0.1) is 11.3 Å². The summed E-state index contributed by atoms with van der Waals surface area (Å²) in [4.78, 5) is 16.9. The molecule has 4 heteroatoms. The molecule has 3 atom stereocenters. The molecule has 1 aromatic heterocycles. The molecule has 1 N–H and O–H groups in total. The first kappa shape index (κ1) is 13.3. The number of nitrogens with one attached hydrogen (secondary N) is 1. The second-order valence-corrected chi connectivity index (χ2v) is 7.51. The van der Waals surface area contributed by atoms with Crippen LogP contribution in [0.3, 0.4) is 0 Å². The molecule has 0 bridgehead atoms. The van der Waals surface area contributed by atoms with Gasteiger partial charge in [-0.25, -0.2) is 4.98 Å². The van der Waals surface area contributed by atoms with Gasteiger partial charge in [-0.3, -0.25) is 4.79 Å². The summed E-state index contributed by atoms with van der Waals surface area (Å²) in [6, 6.07) is 8.21. The Balaban J connectivity index is 1.37. The van der Waals surface area contributed by atoms with Gasteiger partial charge in [0, 0.05) is 18.4 Å². The molecule has 1 aromatic carbocycles. The smallest absolute Gasteiger partial charge is 0.223 e. The molecule has 1 amide bonds. The molecule has 4 rings (SSSR count). The molecule has 2 aliphatic carbocycles. The van der Waals surface area contributed by atoms with E-state index in [0.29, 0.717) is 24.3 Å². The first-order chi connectivity index (χ1) is 10.2. The van der Waals surface area contributed by atoms with Gasteiger partial charge in [-0.05, 0) is 36.8 Å². The van der Waals surface area contributed by atoms with Crippen LogP contribution in [0.5, 0.6) is 0 Å². The molecule has 0 saturated heterocycles. The fraction of sp³-hybridized carbons (Fsp3) is 0.529. The molecule has 110 valence electrons. The molecule has 21 heavy (non-hydrogen) atoms. The van der Waals surface area contributed by atoms with Crippen molar-refractivity contribution < 1.29 is 4.79 Å². The molecular weight excluding hydrogens is 280 g/mol.